The maximum absolute atomic E-state index is 8.59. The molecule has 1 aromatic rings. The average molecular weight is 220 g/mol. The second-order valence-corrected chi connectivity index (χ2v) is 4.00. The van der Waals surface area contributed by atoms with Crippen LogP contribution in [0.1, 0.15) is 18.9 Å². The quantitative estimate of drug-likeness (QED) is 0.716. The molecule has 0 saturated carbocycles. The summed E-state index contributed by atoms with van der Waals surface area (Å²) in [6.07, 6.45) is 4.72. The molecule has 0 radical (unpaired) electrons. The normalized spacial score (nSPS) is 13.1. The smallest absolute Gasteiger partial charge is 0.0717 e. The second-order valence-electron chi connectivity index (χ2n) is 4.00. The van der Waals surface area contributed by atoms with Crippen molar-refractivity contribution in [3.63, 3.8) is 0 Å². The first-order chi connectivity index (χ1) is 7.83. The first-order valence-electron chi connectivity index (χ1n) is 5.70. The highest BCUT2D eigenvalue weighted by Gasteiger charge is 1.99. The van der Waals surface area contributed by atoms with E-state index in [0.717, 1.165) is 13.0 Å². The molecule has 0 aromatic heterocycles. The fourth-order valence-corrected chi connectivity index (χ4v) is 1.42. The van der Waals surface area contributed by atoms with Crippen LogP contribution >= 0.6 is 0 Å². The zero-order valence-corrected chi connectivity index (χ0v) is 9.80. The van der Waals surface area contributed by atoms with Crippen LogP contribution in [0.25, 0.3) is 0 Å². The molecule has 0 fully saturated rings. The Morgan fingerprint density at radius 2 is 2.00 bits per heavy atom. The molecule has 0 aliphatic rings. The van der Waals surface area contributed by atoms with Crippen LogP contribution in [-0.4, -0.2) is 18.3 Å². The van der Waals surface area contributed by atoms with Crippen LogP contribution in [0.15, 0.2) is 42.5 Å². The molecule has 16 heavy (non-hydrogen) atoms. The van der Waals surface area contributed by atoms with E-state index in [-0.39, 0.29) is 6.61 Å². The van der Waals surface area contributed by atoms with Crippen LogP contribution in [0.5, 0.6) is 0 Å². The summed E-state index contributed by atoms with van der Waals surface area (Å²) in [6, 6.07) is 10.2. The highest BCUT2D eigenvalue weighted by molar-refractivity contribution is 5.13. The lowest BCUT2D eigenvalue weighted by Crippen LogP contribution is -2.05. The summed E-state index contributed by atoms with van der Waals surface area (Å²) >= 11 is 0. The van der Waals surface area contributed by atoms with Crippen molar-refractivity contribution in [2.45, 2.75) is 20.0 Å². The first-order valence-corrected chi connectivity index (χ1v) is 5.70. The Hall–Kier alpha value is -1.12. The van der Waals surface area contributed by atoms with E-state index >= 15 is 0 Å². The van der Waals surface area contributed by atoms with Gasteiger partial charge < -0.3 is 9.84 Å². The fourth-order valence-electron chi connectivity index (χ4n) is 1.42. The number of allylic oxidation sites excluding steroid dienone is 1. The number of benzene rings is 1. The minimum atomic E-state index is 0.123. The highest BCUT2D eigenvalue weighted by Crippen LogP contribution is 2.06. The summed E-state index contributed by atoms with van der Waals surface area (Å²) in [4.78, 5) is 0. The number of hydrogen-bond acceptors (Lipinski definition) is 2. The maximum Gasteiger partial charge on any atom is 0.0717 e. The van der Waals surface area contributed by atoms with Gasteiger partial charge in [0.1, 0.15) is 0 Å². The Morgan fingerprint density at radius 3 is 2.69 bits per heavy atom. The molecule has 2 nitrogen and oxygen atoms in total. The van der Waals surface area contributed by atoms with E-state index < -0.39 is 0 Å². The van der Waals surface area contributed by atoms with Gasteiger partial charge >= 0.3 is 0 Å². The van der Waals surface area contributed by atoms with Gasteiger partial charge in [0.15, 0.2) is 0 Å². The number of hydrogen-bond donors (Lipinski definition) is 1. The van der Waals surface area contributed by atoms with Crippen molar-refractivity contribution >= 4 is 0 Å². The standard InChI is InChI=1S/C14H20O2/c1-13(7-5-6-10-15)11-16-12-14-8-3-2-4-9-14/h2-6,8-9,13,15H,7,10-12H2,1H3/b6-5+/t13-/m1/s1. The lowest BCUT2D eigenvalue weighted by Gasteiger charge is -2.09. The molecule has 0 saturated heterocycles. The van der Waals surface area contributed by atoms with Crippen LogP contribution in [0.2, 0.25) is 0 Å². The molecular weight excluding hydrogens is 200 g/mol. The Balaban J connectivity index is 2.13. The summed E-state index contributed by atoms with van der Waals surface area (Å²) in [7, 11) is 0. The third-order valence-corrected chi connectivity index (χ3v) is 2.32. The molecule has 0 aliphatic carbocycles. The van der Waals surface area contributed by atoms with Crippen LogP contribution in [-0.2, 0) is 11.3 Å². The van der Waals surface area contributed by atoms with E-state index in [0.29, 0.717) is 12.5 Å². The predicted octanol–water partition coefficient (Wildman–Crippen LogP) is 2.78. The lowest BCUT2D eigenvalue weighted by molar-refractivity contribution is 0.0928. The summed E-state index contributed by atoms with van der Waals surface area (Å²) < 4.78 is 5.62. The molecular formula is C14H20O2. The molecule has 2 heteroatoms. The Labute approximate surface area is 97.6 Å². The number of aliphatic hydroxyl groups is 1. The van der Waals surface area contributed by atoms with Crippen LogP contribution in [0, 0.1) is 5.92 Å². The molecule has 0 amide bonds. The molecule has 0 spiro atoms. The van der Waals surface area contributed by atoms with Gasteiger partial charge in [-0.2, -0.15) is 0 Å². The summed E-state index contributed by atoms with van der Waals surface area (Å²) in [6.45, 7) is 3.70. The number of ether oxygens (including phenoxy) is 1. The predicted molar refractivity (Wildman–Crippen MR) is 66.1 cm³/mol. The van der Waals surface area contributed by atoms with Gasteiger partial charge in [-0.1, -0.05) is 49.4 Å². The van der Waals surface area contributed by atoms with Crippen molar-refractivity contribution in [1.29, 1.82) is 0 Å². The van der Waals surface area contributed by atoms with Gasteiger partial charge in [-0.15, -0.1) is 0 Å². The van der Waals surface area contributed by atoms with Crippen molar-refractivity contribution in [3.05, 3.63) is 48.0 Å². The molecule has 0 heterocycles. The van der Waals surface area contributed by atoms with E-state index in [1.807, 2.05) is 24.3 Å². The zero-order chi connectivity index (χ0) is 11.6. The van der Waals surface area contributed by atoms with Gasteiger partial charge in [0, 0.05) is 6.61 Å². The third-order valence-electron chi connectivity index (χ3n) is 2.32. The van der Waals surface area contributed by atoms with Gasteiger partial charge in [-0.05, 0) is 17.9 Å². The second kappa shape index (κ2) is 8.08. The van der Waals surface area contributed by atoms with Gasteiger partial charge in [-0.3, -0.25) is 0 Å². The van der Waals surface area contributed by atoms with E-state index in [9.17, 15) is 0 Å². The summed E-state index contributed by atoms with van der Waals surface area (Å²) in [5.74, 6) is 0.492. The molecule has 1 N–H and O–H groups in total. The third kappa shape index (κ3) is 5.69. The van der Waals surface area contributed by atoms with E-state index in [1.165, 1.54) is 5.56 Å². The summed E-state index contributed by atoms with van der Waals surface area (Å²) in [5, 5.41) is 8.59. The Bertz CT molecular complexity index is 293. The van der Waals surface area contributed by atoms with E-state index in [4.69, 9.17) is 9.84 Å². The minimum absolute atomic E-state index is 0.123. The zero-order valence-electron chi connectivity index (χ0n) is 9.80. The van der Waals surface area contributed by atoms with Crippen LogP contribution in [0.3, 0.4) is 0 Å². The molecule has 1 atom stereocenters. The van der Waals surface area contributed by atoms with E-state index in [2.05, 4.69) is 19.1 Å². The maximum atomic E-state index is 8.59. The van der Waals surface area contributed by atoms with Gasteiger partial charge in [0.25, 0.3) is 0 Å². The Kier molecular flexibility index (Phi) is 6.54. The highest BCUT2D eigenvalue weighted by atomic mass is 16.5. The van der Waals surface area contributed by atoms with Crippen molar-refractivity contribution in [2.24, 2.45) is 5.92 Å². The fraction of sp³-hybridized carbons (Fsp3) is 0.429. The molecule has 1 rings (SSSR count). The van der Waals surface area contributed by atoms with Crippen molar-refractivity contribution in [2.75, 3.05) is 13.2 Å². The van der Waals surface area contributed by atoms with Crippen molar-refractivity contribution in [3.8, 4) is 0 Å². The monoisotopic (exact) mass is 220 g/mol. The topological polar surface area (TPSA) is 29.5 Å². The van der Waals surface area contributed by atoms with Gasteiger partial charge in [-0.25, -0.2) is 0 Å². The molecule has 0 bridgehead atoms. The number of aliphatic hydroxyl groups excluding tert-OH is 1. The molecule has 0 aliphatic heterocycles. The molecule has 88 valence electrons. The van der Waals surface area contributed by atoms with Crippen LogP contribution < -0.4 is 0 Å². The molecule has 1 aromatic carbocycles. The Morgan fingerprint density at radius 1 is 1.25 bits per heavy atom. The average Bonchev–Trinajstić information content (AvgIpc) is 2.31. The van der Waals surface area contributed by atoms with Crippen LogP contribution in [0.4, 0.5) is 0 Å². The lowest BCUT2D eigenvalue weighted by atomic mass is 10.1. The summed E-state index contributed by atoms with van der Waals surface area (Å²) in [5.41, 5.74) is 1.21. The van der Waals surface area contributed by atoms with Gasteiger partial charge in [0.05, 0.1) is 13.2 Å². The minimum Gasteiger partial charge on any atom is -0.392 e. The number of rotatable bonds is 7. The molecule has 0 unspecified atom stereocenters. The van der Waals surface area contributed by atoms with Crippen molar-refractivity contribution in [1.82, 2.24) is 0 Å². The first kappa shape index (κ1) is 12.9. The largest absolute Gasteiger partial charge is 0.392 e. The van der Waals surface area contributed by atoms with Gasteiger partial charge in [0.2, 0.25) is 0 Å². The SMILES string of the molecule is C[C@H](C/C=C/CO)COCc1ccccc1. The van der Waals surface area contributed by atoms with Crippen molar-refractivity contribution < 1.29 is 9.84 Å². The van der Waals surface area contributed by atoms with E-state index in [1.54, 1.807) is 6.08 Å².